The van der Waals surface area contributed by atoms with Gasteiger partial charge in [-0.15, -0.1) is 0 Å². The van der Waals surface area contributed by atoms with Crippen LogP contribution in [0.25, 0.3) is 0 Å². The van der Waals surface area contributed by atoms with Crippen molar-refractivity contribution in [2.75, 3.05) is 13.1 Å². The molecule has 1 atom stereocenters. The van der Waals surface area contributed by atoms with E-state index in [4.69, 9.17) is 4.99 Å². The van der Waals surface area contributed by atoms with Crippen molar-refractivity contribution in [3.8, 4) is 0 Å². The lowest BCUT2D eigenvalue weighted by molar-refractivity contribution is -0.127. The minimum absolute atomic E-state index is 0.00275. The summed E-state index contributed by atoms with van der Waals surface area (Å²) in [6, 6.07) is 9.76. The number of amides is 2. The maximum atomic E-state index is 13.5. The molecule has 0 aliphatic carbocycles. The molecule has 0 bridgehead atoms. The Morgan fingerprint density at radius 3 is 2.47 bits per heavy atom. The Labute approximate surface area is 183 Å². The molecular weight excluding hydrogens is 396 g/mol. The number of nitrogens with one attached hydrogen (secondary N) is 1. The number of hydrogen-bond donors (Lipinski definition) is 1. The lowest BCUT2D eigenvalue weighted by atomic mass is 9.92. The Hall–Kier alpha value is -2.54. The molecule has 1 aromatic carbocycles. The highest BCUT2D eigenvalue weighted by molar-refractivity contribution is 8.16. The number of benzene rings is 1. The molecule has 160 valence electrons. The van der Waals surface area contributed by atoms with Crippen LogP contribution < -0.4 is 5.32 Å². The van der Waals surface area contributed by atoms with Crippen LogP contribution in [0.5, 0.6) is 0 Å². The topological polar surface area (TPSA) is 65.0 Å². The molecule has 2 aliphatic rings. The summed E-state index contributed by atoms with van der Waals surface area (Å²) < 4.78 is 0. The zero-order valence-corrected chi connectivity index (χ0v) is 19.1. The maximum Gasteiger partial charge on any atom is 0.254 e. The molecule has 2 heterocycles. The zero-order valence-electron chi connectivity index (χ0n) is 18.3. The van der Waals surface area contributed by atoms with Gasteiger partial charge in [-0.1, -0.05) is 42.1 Å². The van der Waals surface area contributed by atoms with E-state index in [1.165, 1.54) is 11.8 Å². The number of nitrogens with zero attached hydrogens (tertiary/aromatic N) is 3. The Balaban J connectivity index is 2.04. The highest BCUT2D eigenvalue weighted by Gasteiger charge is 2.41. The van der Waals surface area contributed by atoms with E-state index in [1.54, 1.807) is 0 Å². The molecule has 1 N–H and O–H groups in total. The van der Waals surface area contributed by atoms with Crippen molar-refractivity contribution in [2.45, 2.75) is 53.1 Å². The van der Waals surface area contributed by atoms with Crippen LogP contribution in [0.15, 0.2) is 57.7 Å². The van der Waals surface area contributed by atoms with Crippen molar-refractivity contribution < 1.29 is 9.59 Å². The van der Waals surface area contributed by atoms with Crippen LogP contribution in [0.3, 0.4) is 0 Å². The average molecular weight is 427 g/mol. The Morgan fingerprint density at radius 1 is 1.20 bits per heavy atom. The molecular formula is C23H30N4O2S. The third-order valence-corrected chi connectivity index (χ3v) is 6.08. The third-order valence-electron chi connectivity index (χ3n) is 5.19. The van der Waals surface area contributed by atoms with E-state index in [9.17, 15) is 9.59 Å². The second-order valence-electron chi connectivity index (χ2n) is 7.68. The van der Waals surface area contributed by atoms with Gasteiger partial charge in [0.1, 0.15) is 0 Å². The molecule has 0 radical (unpaired) electrons. The van der Waals surface area contributed by atoms with E-state index >= 15 is 0 Å². The van der Waals surface area contributed by atoms with Crippen LogP contribution in [0, 0.1) is 0 Å². The van der Waals surface area contributed by atoms with Crippen molar-refractivity contribution in [1.29, 1.82) is 0 Å². The number of carbonyl (C=O) groups is 2. The van der Waals surface area contributed by atoms with Crippen molar-refractivity contribution >= 4 is 28.7 Å². The highest BCUT2D eigenvalue weighted by atomic mass is 32.2. The molecule has 0 saturated carbocycles. The molecule has 2 amide bonds. The van der Waals surface area contributed by atoms with Crippen LogP contribution >= 0.6 is 11.8 Å². The normalized spacial score (nSPS) is 18.2. The minimum Gasteiger partial charge on any atom is -0.354 e. The smallest absolute Gasteiger partial charge is 0.254 e. The summed E-state index contributed by atoms with van der Waals surface area (Å²) in [6.07, 6.45) is 0.249. The van der Waals surface area contributed by atoms with E-state index < -0.39 is 0 Å². The fraction of sp³-hybridized carbons (Fsp3) is 0.435. The van der Waals surface area contributed by atoms with E-state index in [0.29, 0.717) is 18.7 Å². The fourth-order valence-corrected chi connectivity index (χ4v) is 4.78. The second-order valence-corrected chi connectivity index (χ2v) is 8.52. The molecule has 3 rings (SSSR count). The van der Waals surface area contributed by atoms with Gasteiger partial charge in [-0.05, 0) is 45.6 Å². The number of rotatable bonds is 7. The highest BCUT2D eigenvalue weighted by Crippen LogP contribution is 2.44. The van der Waals surface area contributed by atoms with Gasteiger partial charge in [0, 0.05) is 24.8 Å². The van der Waals surface area contributed by atoms with Gasteiger partial charge in [-0.2, -0.15) is 0 Å². The lowest BCUT2D eigenvalue weighted by Crippen LogP contribution is -2.42. The standard InChI is InChI=1S/C23H30N4O2S/c1-6-26(7-2)22(29)20-16(5)25-23-27(21(20)17-11-9-8-10-12-17)18(14-30-23)13-19(28)24-15(3)4/h8-12,14-15,21H,6-7,13H2,1-5H3,(H,24,28). The lowest BCUT2D eigenvalue weighted by Gasteiger charge is -2.38. The van der Waals surface area contributed by atoms with Gasteiger partial charge in [-0.25, -0.2) is 4.99 Å². The number of aliphatic imine (C=N–C) groups is 1. The van der Waals surface area contributed by atoms with E-state index in [1.807, 2.05) is 75.3 Å². The van der Waals surface area contributed by atoms with Crippen molar-refractivity contribution in [2.24, 2.45) is 4.99 Å². The number of fused-ring (bicyclic) bond motifs is 1. The van der Waals surface area contributed by atoms with E-state index in [-0.39, 0.29) is 30.3 Å². The number of likely N-dealkylation sites (N-methyl/N-ethyl adjacent to an activating group) is 1. The van der Waals surface area contributed by atoms with Crippen LogP contribution in [0.1, 0.15) is 52.6 Å². The summed E-state index contributed by atoms with van der Waals surface area (Å²) in [5.74, 6) is -0.0372. The summed E-state index contributed by atoms with van der Waals surface area (Å²) in [5.41, 5.74) is 3.28. The average Bonchev–Trinajstić information content (AvgIpc) is 3.09. The van der Waals surface area contributed by atoms with Crippen LogP contribution in [0.2, 0.25) is 0 Å². The molecule has 1 aromatic rings. The molecule has 0 spiro atoms. The SMILES string of the molecule is CCN(CC)C(=O)C1=C(C)N=C2SC=C(CC(=O)NC(C)C)N2C1c1ccccc1. The number of thioether (sulfide) groups is 1. The molecule has 0 saturated heterocycles. The molecule has 0 fully saturated rings. The predicted octanol–water partition coefficient (Wildman–Crippen LogP) is 4.04. The Morgan fingerprint density at radius 2 is 1.87 bits per heavy atom. The third kappa shape index (κ3) is 4.46. The second kappa shape index (κ2) is 9.51. The molecule has 7 heteroatoms. The number of carbonyl (C=O) groups excluding carboxylic acids is 2. The van der Waals surface area contributed by atoms with Crippen LogP contribution in [-0.2, 0) is 9.59 Å². The van der Waals surface area contributed by atoms with Gasteiger partial charge in [0.25, 0.3) is 5.91 Å². The molecule has 2 aliphatic heterocycles. The van der Waals surface area contributed by atoms with Crippen LogP contribution in [-0.4, -0.2) is 45.9 Å². The van der Waals surface area contributed by atoms with Crippen molar-refractivity contribution in [1.82, 2.24) is 15.1 Å². The summed E-state index contributed by atoms with van der Waals surface area (Å²) in [6.45, 7) is 11.0. The van der Waals surface area contributed by atoms with Crippen molar-refractivity contribution in [3.05, 3.63) is 58.3 Å². The molecule has 6 nitrogen and oxygen atoms in total. The van der Waals surface area contributed by atoms with E-state index in [0.717, 1.165) is 22.1 Å². The molecule has 1 unspecified atom stereocenters. The minimum atomic E-state index is -0.306. The van der Waals surface area contributed by atoms with Gasteiger partial charge < -0.3 is 15.1 Å². The van der Waals surface area contributed by atoms with E-state index in [2.05, 4.69) is 10.2 Å². The first-order valence-electron chi connectivity index (χ1n) is 10.4. The molecule has 0 aromatic heterocycles. The largest absolute Gasteiger partial charge is 0.354 e. The quantitative estimate of drug-likeness (QED) is 0.715. The van der Waals surface area contributed by atoms with Crippen LogP contribution in [0.4, 0.5) is 0 Å². The van der Waals surface area contributed by atoms with Gasteiger partial charge in [0.2, 0.25) is 5.91 Å². The Kier molecular flexibility index (Phi) is 7.02. The summed E-state index contributed by atoms with van der Waals surface area (Å²) in [7, 11) is 0. The number of amidine groups is 1. The van der Waals surface area contributed by atoms with Gasteiger partial charge in [0.05, 0.1) is 23.7 Å². The fourth-order valence-electron chi connectivity index (χ4n) is 3.81. The van der Waals surface area contributed by atoms with Crippen molar-refractivity contribution in [3.63, 3.8) is 0 Å². The summed E-state index contributed by atoms with van der Waals surface area (Å²) >= 11 is 1.51. The predicted molar refractivity (Wildman–Crippen MR) is 123 cm³/mol. The first-order chi connectivity index (χ1) is 14.4. The summed E-state index contributed by atoms with van der Waals surface area (Å²) in [5, 5.41) is 5.75. The number of allylic oxidation sites excluding steroid dienone is 1. The molecule has 30 heavy (non-hydrogen) atoms. The summed E-state index contributed by atoms with van der Waals surface area (Å²) in [4.78, 5) is 34.6. The number of hydrogen-bond acceptors (Lipinski definition) is 5. The Bertz CT molecular complexity index is 901. The zero-order chi connectivity index (χ0) is 21.8. The first-order valence-corrected chi connectivity index (χ1v) is 11.3. The van der Waals surface area contributed by atoms with Gasteiger partial charge in [0.15, 0.2) is 5.17 Å². The first kappa shape index (κ1) is 22.2. The monoisotopic (exact) mass is 426 g/mol. The van der Waals surface area contributed by atoms with Gasteiger partial charge in [-0.3, -0.25) is 9.59 Å². The maximum absolute atomic E-state index is 13.5. The van der Waals surface area contributed by atoms with Gasteiger partial charge >= 0.3 is 0 Å².